The van der Waals surface area contributed by atoms with E-state index in [1.54, 1.807) is 0 Å². The van der Waals surface area contributed by atoms with Gasteiger partial charge in [0.1, 0.15) is 22.9 Å². The average Bonchev–Trinajstić information content (AvgIpc) is 3.66. The molecule has 53 heavy (non-hydrogen) atoms. The van der Waals surface area contributed by atoms with E-state index in [-0.39, 0.29) is 10.8 Å². The van der Waals surface area contributed by atoms with Crippen molar-refractivity contribution in [2.45, 2.75) is 77.4 Å². The van der Waals surface area contributed by atoms with Crippen molar-refractivity contribution in [3.8, 4) is 28.4 Å². The molecule has 4 heterocycles. The number of ether oxygens (including phenoxy) is 2. The molecule has 0 saturated heterocycles. The Hall–Kier alpha value is -5.68. The van der Waals surface area contributed by atoms with Gasteiger partial charge < -0.3 is 9.47 Å². The number of rotatable bonds is 4. The minimum Gasteiger partial charge on any atom is -0.464 e. The van der Waals surface area contributed by atoms with Gasteiger partial charge in [-0.05, 0) is 91.9 Å². The van der Waals surface area contributed by atoms with Crippen LogP contribution in [0.1, 0.15) is 80.5 Å². The SMILES string of the molecule is Cc1cc2c3c(c1)c1cc(C)c(Oc4cc(C5=N[C@]6(C)C(C)(C)c7ccccc7[C@]6(C)O5)cc(-c5ccccc5)c4)cc1n3-c1ncccc1C2(C)C. The molecule has 2 atom stereocenters. The van der Waals surface area contributed by atoms with Gasteiger partial charge in [0.05, 0.1) is 11.0 Å². The zero-order valence-corrected chi connectivity index (χ0v) is 31.6. The lowest BCUT2D eigenvalue weighted by Gasteiger charge is -2.39. The van der Waals surface area contributed by atoms with Crippen molar-refractivity contribution >= 4 is 27.7 Å². The van der Waals surface area contributed by atoms with Gasteiger partial charge in [-0.25, -0.2) is 9.98 Å². The minimum absolute atomic E-state index is 0.185. The lowest BCUT2D eigenvalue weighted by atomic mass is 9.69. The van der Waals surface area contributed by atoms with Gasteiger partial charge in [0, 0.05) is 50.6 Å². The Morgan fingerprint density at radius 3 is 2.15 bits per heavy atom. The van der Waals surface area contributed by atoms with E-state index in [0.717, 1.165) is 45.1 Å². The summed E-state index contributed by atoms with van der Waals surface area (Å²) in [4.78, 5) is 10.4. The van der Waals surface area contributed by atoms with Crippen molar-refractivity contribution in [3.05, 3.63) is 154 Å². The van der Waals surface area contributed by atoms with Crippen LogP contribution in [-0.4, -0.2) is 21.0 Å². The van der Waals surface area contributed by atoms with Crippen molar-refractivity contribution < 1.29 is 9.47 Å². The predicted octanol–water partition coefficient (Wildman–Crippen LogP) is 11.6. The molecule has 5 heteroatoms. The first kappa shape index (κ1) is 32.0. The first-order chi connectivity index (χ1) is 25.3. The Morgan fingerprint density at radius 2 is 1.36 bits per heavy atom. The molecule has 262 valence electrons. The molecule has 5 nitrogen and oxygen atoms in total. The third-order valence-electron chi connectivity index (χ3n) is 13.0. The van der Waals surface area contributed by atoms with Gasteiger partial charge in [0.2, 0.25) is 5.90 Å². The molecule has 0 N–H and O–H groups in total. The zero-order valence-electron chi connectivity index (χ0n) is 31.6. The summed E-state index contributed by atoms with van der Waals surface area (Å²) in [6.45, 7) is 18.0. The van der Waals surface area contributed by atoms with Crippen LogP contribution in [0.4, 0.5) is 0 Å². The molecule has 1 aliphatic carbocycles. The Balaban J connectivity index is 1.14. The molecule has 0 amide bonds. The number of fused-ring (bicyclic) bond motifs is 8. The van der Waals surface area contributed by atoms with E-state index in [1.807, 2.05) is 18.3 Å². The molecule has 0 bridgehead atoms. The summed E-state index contributed by atoms with van der Waals surface area (Å²) in [6.07, 6.45) is 1.90. The quantitative estimate of drug-likeness (QED) is 0.184. The number of benzene rings is 5. The first-order valence-electron chi connectivity index (χ1n) is 18.7. The van der Waals surface area contributed by atoms with E-state index in [9.17, 15) is 0 Å². The van der Waals surface area contributed by atoms with Crippen molar-refractivity contribution in [1.29, 1.82) is 0 Å². The lowest BCUT2D eigenvalue weighted by Crippen LogP contribution is -2.49. The van der Waals surface area contributed by atoms with Crippen LogP contribution in [0.5, 0.6) is 11.5 Å². The molecular formula is C48H43N3O2. The van der Waals surface area contributed by atoms with Crippen molar-refractivity contribution in [1.82, 2.24) is 9.55 Å². The smallest absolute Gasteiger partial charge is 0.217 e. The van der Waals surface area contributed by atoms with E-state index in [4.69, 9.17) is 19.5 Å². The third kappa shape index (κ3) is 4.14. The Morgan fingerprint density at radius 1 is 0.642 bits per heavy atom. The highest BCUT2D eigenvalue weighted by atomic mass is 16.5. The highest BCUT2D eigenvalue weighted by Gasteiger charge is 2.67. The monoisotopic (exact) mass is 693 g/mol. The summed E-state index contributed by atoms with van der Waals surface area (Å²) < 4.78 is 16.3. The van der Waals surface area contributed by atoms with Crippen LogP contribution in [0.15, 0.2) is 120 Å². The Labute approximate surface area is 311 Å². The summed E-state index contributed by atoms with van der Waals surface area (Å²) >= 11 is 0. The van der Waals surface area contributed by atoms with Crippen LogP contribution >= 0.6 is 0 Å². The Bertz CT molecular complexity index is 2740. The molecule has 0 unspecified atom stereocenters. The van der Waals surface area contributed by atoms with Crippen LogP contribution in [0, 0.1) is 13.8 Å². The molecule has 7 aromatic rings. The topological polar surface area (TPSA) is 48.6 Å². The van der Waals surface area contributed by atoms with Gasteiger partial charge in [-0.3, -0.25) is 4.57 Å². The van der Waals surface area contributed by atoms with Crippen LogP contribution in [0.3, 0.4) is 0 Å². The number of aliphatic imine (C=N–C) groups is 1. The predicted molar refractivity (Wildman–Crippen MR) is 215 cm³/mol. The van der Waals surface area contributed by atoms with Gasteiger partial charge in [-0.2, -0.15) is 0 Å². The largest absolute Gasteiger partial charge is 0.464 e. The van der Waals surface area contributed by atoms with E-state index in [0.29, 0.717) is 5.90 Å². The lowest BCUT2D eigenvalue weighted by molar-refractivity contribution is 0.0192. The van der Waals surface area contributed by atoms with Gasteiger partial charge >= 0.3 is 0 Å². The van der Waals surface area contributed by atoms with Crippen LogP contribution < -0.4 is 4.74 Å². The summed E-state index contributed by atoms with van der Waals surface area (Å²) in [6, 6.07) is 38.9. The summed E-state index contributed by atoms with van der Waals surface area (Å²) in [7, 11) is 0. The number of nitrogens with zero attached hydrogens (tertiary/aromatic N) is 3. The van der Waals surface area contributed by atoms with Crippen molar-refractivity contribution in [2.24, 2.45) is 4.99 Å². The fourth-order valence-electron chi connectivity index (χ4n) is 9.65. The number of aryl methyl sites for hydroxylation is 2. The van der Waals surface area contributed by atoms with E-state index in [1.165, 1.54) is 44.1 Å². The number of hydrogen-bond donors (Lipinski definition) is 0. The van der Waals surface area contributed by atoms with Crippen LogP contribution in [-0.2, 0) is 21.2 Å². The van der Waals surface area contributed by atoms with E-state index < -0.39 is 11.1 Å². The summed E-state index contributed by atoms with van der Waals surface area (Å²) in [5, 5.41) is 2.45. The average molecular weight is 694 g/mol. The maximum atomic E-state index is 7.03. The van der Waals surface area contributed by atoms with Crippen molar-refractivity contribution in [3.63, 3.8) is 0 Å². The fourth-order valence-corrected chi connectivity index (χ4v) is 9.65. The maximum Gasteiger partial charge on any atom is 0.217 e. The van der Waals surface area contributed by atoms with E-state index >= 15 is 0 Å². The fraction of sp³-hybridized carbons (Fsp3) is 0.250. The van der Waals surface area contributed by atoms with Gasteiger partial charge in [-0.1, -0.05) is 100.0 Å². The molecule has 5 aromatic carbocycles. The standard InChI is InChI=1S/C48H43N3O2/c1-28-21-35-34-23-29(2)41(27-40(34)51-42(35)39(22-28)45(3,4)38-19-14-20-49-43(38)51)52-33-25-31(30-15-10-9-11-16-30)24-32(26-33)44-50-48(8)46(5,6)36-17-12-13-18-37(36)47(48,7)53-44/h9-27H,1-8H3/t47-,48+/m0/s1. The van der Waals surface area contributed by atoms with Crippen LogP contribution in [0.25, 0.3) is 38.8 Å². The van der Waals surface area contributed by atoms with Gasteiger partial charge in [0.25, 0.3) is 0 Å². The second-order valence-electron chi connectivity index (χ2n) is 16.7. The first-order valence-corrected chi connectivity index (χ1v) is 18.7. The molecule has 0 spiro atoms. The second-order valence-corrected chi connectivity index (χ2v) is 16.7. The maximum absolute atomic E-state index is 7.03. The molecule has 2 aliphatic heterocycles. The van der Waals surface area contributed by atoms with Crippen molar-refractivity contribution in [2.75, 3.05) is 0 Å². The molecule has 0 radical (unpaired) electrons. The van der Waals surface area contributed by atoms with Gasteiger partial charge in [-0.15, -0.1) is 0 Å². The molecular weight excluding hydrogens is 651 g/mol. The normalized spacial score (nSPS) is 21.5. The molecule has 10 rings (SSSR count). The van der Waals surface area contributed by atoms with Crippen LogP contribution in [0.2, 0.25) is 0 Å². The second kappa shape index (κ2) is 10.5. The highest BCUT2D eigenvalue weighted by Crippen LogP contribution is 2.62. The zero-order chi connectivity index (χ0) is 36.7. The Kier molecular flexibility index (Phi) is 6.32. The highest BCUT2D eigenvalue weighted by molar-refractivity contribution is 6.12. The number of pyridine rings is 1. The number of aromatic nitrogens is 2. The molecule has 0 fully saturated rings. The number of hydrogen-bond acceptors (Lipinski definition) is 4. The van der Waals surface area contributed by atoms with Gasteiger partial charge in [0.15, 0.2) is 5.60 Å². The van der Waals surface area contributed by atoms with E-state index in [2.05, 4.69) is 157 Å². The minimum atomic E-state index is -0.609. The summed E-state index contributed by atoms with van der Waals surface area (Å²) in [5.74, 6) is 3.15. The molecule has 3 aliphatic rings. The summed E-state index contributed by atoms with van der Waals surface area (Å²) in [5.41, 5.74) is 11.2. The third-order valence-corrected chi connectivity index (χ3v) is 13.0. The molecule has 0 saturated carbocycles. The molecule has 2 aromatic heterocycles.